The van der Waals surface area contributed by atoms with E-state index in [4.69, 9.17) is 21.1 Å². The van der Waals surface area contributed by atoms with Gasteiger partial charge in [-0.1, -0.05) is 19.8 Å². The van der Waals surface area contributed by atoms with Gasteiger partial charge >= 0.3 is 11.9 Å². The van der Waals surface area contributed by atoms with Gasteiger partial charge in [-0.25, -0.2) is 0 Å². The van der Waals surface area contributed by atoms with Crippen LogP contribution in [0.15, 0.2) is 0 Å². The van der Waals surface area contributed by atoms with Crippen LogP contribution in [0.5, 0.6) is 0 Å². The molecule has 0 aromatic heterocycles. The number of hydrogen-bond acceptors (Lipinski definition) is 4. The highest BCUT2D eigenvalue weighted by Gasteiger charge is 2.30. The van der Waals surface area contributed by atoms with Gasteiger partial charge in [-0.15, -0.1) is 11.6 Å². The lowest BCUT2D eigenvalue weighted by molar-refractivity contribution is -0.154. The van der Waals surface area contributed by atoms with E-state index in [1.54, 1.807) is 13.8 Å². The first kappa shape index (κ1) is 17.2. The normalized spacial score (nSPS) is 13.8. The molecule has 0 fully saturated rings. The molecular weight excluding hydrogens is 256 g/mol. The van der Waals surface area contributed by atoms with Crippen molar-refractivity contribution in [3.63, 3.8) is 0 Å². The van der Waals surface area contributed by atoms with Crippen LogP contribution in [0.4, 0.5) is 0 Å². The van der Waals surface area contributed by atoms with Crippen LogP contribution in [-0.2, 0) is 19.1 Å². The summed E-state index contributed by atoms with van der Waals surface area (Å²) in [5.41, 5.74) is 0. The minimum atomic E-state index is -0.614. The van der Waals surface area contributed by atoms with Crippen LogP contribution >= 0.6 is 11.6 Å². The van der Waals surface area contributed by atoms with Gasteiger partial charge in [-0.2, -0.15) is 0 Å². The van der Waals surface area contributed by atoms with Crippen LogP contribution in [0.2, 0.25) is 0 Å². The first-order valence-electron chi connectivity index (χ1n) is 6.53. The lowest BCUT2D eigenvalue weighted by Gasteiger charge is -2.19. The zero-order valence-corrected chi connectivity index (χ0v) is 12.2. The fourth-order valence-electron chi connectivity index (χ4n) is 1.61. The average molecular weight is 279 g/mol. The average Bonchev–Trinajstić information content (AvgIpc) is 2.33. The van der Waals surface area contributed by atoms with Crippen molar-refractivity contribution in [3.8, 4) is 0 Å². The lowest BCUT2D eigenvalue weighted by atomic mass is 9.97. The monoisotopic (exact) mass is 278 g/mol. The Morgan fingerprint density at radius 3 is 2.22 bits per heavy atom. The topological polar surface area (TPSA) is 52.6 Å². The highest BCUT2D eigenvalue weighted by atomic mass is 35.5. The number of alkyl halides is 1. The van der Waals surface area contributed by atoms with E-state index < -0.39 is 17.9 Å². The molecule has 0 aromatic carbocycles. The van der Waals surface area contributed by atoms with Gasteiger partial charge in [-0.3, -0.25) is 9.59 Å². The highest BCUT2D eigenvalue weighted by Crippen LogP contribution is 2.22. The predicted octanol–water partition coefficient (Wildman–Crippen LogP) is 2.92. The van der Waals surface area contributed by atoms with E-state index in [0.717, 1.165) is 12.8 Å². The molecule has 4 nitrogen and oxygen atoms in total. The van der Waals surface area contributed by atoms with Crippen LogP contribution in [0.25, 0.3) is 0 Å². The Kier molecular flexibility index (Phi) is 9.74. The number of esters is 2. The Hall–Kier alpha value is -0.770. The second kappa shape index (κ2) is 10.2. The third-order valence-corrected chi connectivity index (χ3v) is 3.07. The van der Waals surface area contributed by atoms with Crippen LogP contribution in [0.3, 0.4) is 0 Å². The molecule has 0 amide bonds. The van der Waals surface area contributed by atoms with Gasteiger partial charge in [0.1, 0.15) is 0 Å². The molecule has 0 bridgehead atoms. The molecule has 0 rings (SSSR count). The predicted molar refractivity (Wildman–Crippen MR) is 70.5 cm³/mol. The SMILES string of the molecule is CCCCC(Cl)C(CC(=O)OCC)C(=O)OCC. The highest BCUT2D eigenvalue weighted by molar-refractivity contribution is 6.22. The summed E-state index contributed by atoms with van der Waals surface area (Å²) in [6, 6.07) is 0. The van der Waals surface area contributed by atoms with Gasteiger partial charge in [-0.05, 0) is 20.3 Å². The third kappa shape index (κ3) is 6.84. The molecule has 2 atom stereocenters. The van der Waals surface area contributed by atoms with Crippen LogP contribution in [0.1, 0.15) is 46.5 Å². The summed E-state index contributed by atoms with van der Waals surface area (Å²) in [4.78, 5) is 23.2. The Balaban J connectivity index is 4.49. The molecule has 18 heavy (non-hydrogen) atoms. The number of unbranched alkanes of at least 4 members (excludes halogenated alkanes) is 1. The van der Waals surface area contributed by atoms with Crippen molar-refractivity contribution in [3.05, 3.63) is 0 Å². The maximum Gasteiger partial charge on any atom is 0.311 e. The van der Waals surface area contributed by atoms with Crippen LogP contribution in [0, 0.1) is 5.92 Å². The van der Waals surface area contributed by atoms with E-state index in [2.05, 4.69) is 0 Å². The first-order chi connectivity index (χ1) is 8.56. The molecule has 0 aromatic rings. The van der Waals surface area contributed by atoms with Crippen molar-refractivity contribution in [2.75, 3.05) is 13.2 Å². The Labute approximate surface area is 114 Å². The van der Waals surface area contributed by atoms with Crippen molar-refractivity contribution in [2.45, 2.75) is 51.8 Å². The lowest BCUT2D eigenvalue weighted by Crippen LogP contribution is -2.29. The van der Waals surface area contributed by atoms with E-state index in [-0.39, 0.29) is 18.4 Å². The van der Waals surface area contributed by atoms with E-state index in [0.29, 0.717) is 13.0 Å². The molecule has 2 unspecified atom stereocenters. The molecule has 0 aliphatic carbocycles. The molecular formula is C13H23ClO4. The third-order valence-electron chi connectivity index (χ3n) is 2.55. The summed E-state index contributed by atoms with van der Waals surface area (Å²) in [5.74, 6) is -1.43. The molecule has 0 saturated heterocycles. The van der Waals surface area contributed by atoms with Crippen molar-refractivity contribution in [1.29, 1.82) is 0 Å². The van der Waals surface area contributed by atoms with Crippen molar-refractivity contribution in [2.24, 2.45) is 5.92 Å². The number of hydrogen-bond donors (Lipinski definition) is 0. The first-order valence-corrected chi connectivity index (χ1v) is 6.96. The van der Waals surface area contributed by atoms with E-state index in [9.17, 15) is 9.59 Å². The molecule has 0 N–H and O–H groups in total. The summed E-state index contributed by atoms with van der Waals surface area (Å²) in [6.45, 7) is 6.10. The maximum atomic E-state index is 11.8. The number of carbonyl (C=O) groups excluding carboxylic acids is 2. The molecule has 5 heteroatoms. The minimum absolute atomic E-state index is 0.00937. The van der Waals surface area contributed by atoms with E-state index in [1.807, 2.05) is 6.92 Å². The fraction of sp³-hybridized carbons (Fsp3) is 0.846. The van der Waals surface area contributed by atoms with Gasteiger partial charge in [0.05, 0.1) is 25.6 Å². The van der Waals surface area contributed by atoms with Crippen molar-refractivity contribution < 1.29 is 19.1 Å². The van der Waals surface area contributed by atoms with Gasteiger partial charge < -0.3 is 9.47 Å². The molecule has 0 aliphatic heterocycles. The summed E-state index contributed by atoms with van der Waals surface area (Å²) in [7, 11) is 0. The zero-order valence-electron chi connectivity index (χ0n) is 11.4. The fourth-order valence-corrected chi connectivity index (χ4v) is 1.95. The Bertz CT molecular complexity index is 255. The van der Waals surface area contributed by atoms with E-state index in [1.165, 1.54) is 0 Å². The maximum absolute atomic E-state index is 11.8. The van der Waals surface area contributed by atoms with Gasteiger partial charge in [0, 0.05) is 5.38 Å². The van der Waals surface area contributed by atoms with Gasteiger partial charge in [0.25, 0.3) is 0 Å². The number of ether oxygens (including phenoxy) is 2. The van der Waals surface area contributed by atoms with E-state index >= 15 is 0 Å². The zero-order chi connectivity index (χ0) is 14.0. The Morgan fingerprint density at radius 2 is 1.72 bits per heavy atom. The number of carbonyl (C=O) groups is 2. The quantitative estimate of drug-likeness (QED) is 0.481. The summed E-state index contributed by atoms with van der Waals surface area (Å²) < 4.78 is 9.80. The summed E-state index contributed by atoms with van der Waals surface area (Å²) >= 11 is 6.19. The summed E-state index contributed by atoms with van der Waals surface area (Å²) in [6.07, 6.45) is 2.61. The van der Waals surface area contributed by atoms with Gasteiger partial charge in [0.2, 0.25) is 0 Å². The minimum Gasteiger partial charge on any atom is -0.466 e. The molecule has 0 spiro atoms. The Morgan fingerprint density at radius 1 is 1.11 bits per heavy atom. The molecule has 0 radical (unpaired) electrons. The summed E-state index contributed by atoms with van der Waals surface area (Å²) in [5, 5.41) is -0.381. The standard InChI is InChI=1S/C13H23ClO4/c1-4-7-8-11(14)10(13(16)18-6-3)9-12(15)17-5-2/h10-11H,4-9H2,1-3H3. The van der Waals surface area contributed by atoms with Crippen LogP contribution < -0.4 is 0 Å². The second-order valence-electron chi connectivity index (χ2n) is 4.03. The second-order valence-corrected chi connectivity index (χ2v) is 4.59. The molecule has 0 aliphatic rings. The molecule has 106 valence electrons. The van der Waals surface area contributed by atoms with Gasteiger partial charge in [0.15, 0.2) is 0 Å². The molecule has 0 saturated carbocycles. The number of halogens is 1. The number of rotatable bonds is 9. The van der Waals surface area contributed by atoms with Crippen molar-refractivity contribution in [1.82, 2.24) is 0 Å². The largest absolute Gasteiger partial charge is 0.466 e. The smallest absolute Gasteiger partial charge is 0.311 e. The molecule has 0 heterocycles. The van der Waals surface area contributed by atoms with Crippen molar-refractivity contribution >= 4 is 23.5 Å². The van der Waals surface area contributed by atoms with Crippen LogP contribution in [-0.4, -0.2) is 30.5 Å².